The van der Waals surface area contributed by atoms with Gasteiger partial charge in [-0.05, 0) is 57.4 Å². The summed E-state index contributed by atoms with van der Waals surface area (Å²) in [4.78, 5) is 5.16. The Labute approximate surface area is 116 Å². The number of halogens is 1. The maximum absolute atomic E-state index is 3.67. The SMILES string of the molecule is CCN(CC)CCCN(CC)CC1(CBr)CC1. The van der Waals surface area contributed by atoms with Gasteiger partial charge in [0.05, 0.1) is 0 Å². The number of hydrogen-bond donors (Lipinski definition) is 0. The molecule has 0 N–H and O–H groups in total. The smallest absolute Gasteiger partial charge is 0.0100 e. The van der Waals surface area contributed by atoms with Crippen LogP contribution < -0.4 is 0 Å². The predicted octanol–water partition coefficient (Wildman–Crippen LogP) is 3.22. The van der Waals surface area contributed by atoms with Crippen LogP contribution in [0.2, 0.25) is 0 Å². The second-order valence-corrected chi connectivity index (χ2v) is 5.94. The third-order valence-electron chi connectivity index (χ3n) is 4.09. The van der Waals surface area contributed by atoms with Crippen LogP contribution in [0.25, 0.3) is 0 Å². The minimum atomic E-state index is 0.630. The molecule has 0 spiro atoms. The lowest BCUT2D eigenvalue weighted by Gasteiger charge is -2.26. The number of alkyl halides is 1. The molecule has 0 unspecified atom stereocenters. The average Bonchev–Trinajstić information content (AvgIpc) is 3.13. The molecular formula is C14H29BrN2. The highest BCUT2D eigenvalue weighted by Gasteiger charge is 2.42. The summed E-state index contributed by atoms with van der Waals surface area (Å²) in [6.45, 7) is 14.2. The number of rotatable bonds is 10. The summed E-state index contributed by atoms with van der Waals surface area (Å²) in [5.41, 5.74) is 0.630. The maximum Gasteiger partial charge on any atom is 0.0100 e. The quantitative estimate of drug-likeness (QED) is 0.572. The van der Waals surface area contributed by atoms with Crippen LogP contribution in [0.4, 0.5) is 0 Å². The Morgan fingerprint density at radius 1 is 0.941 bits per heavy atom. The topological polar surface area (TPSA) is 6.48 Å². The van der Waals surface area contributed by atoms with Crippen molar-refractivity contribution in [1.82, 2.24) is 9.80 Å². The van der Waals surface area contributed by atoms with E-state index in [2.05, 4.69) is 46.5 Å². The zero-order chi connectivity index (χ0) is 12.7. The molecule has 0 aromatic rings. The highest BCUT2D eigenvalue weighted by molar-refractivity contribution is 9.09. The zero-order valence-electron chi connectivity index (χ0n) is 11.8. The molecule has 1 aliphatic rings. The van der Waals surface area contributed by atoms with Gasteiger partial charge in [0.25, 0.3) is 0 Å². The normalized spacial score (nSPS) is 18.0. The molecule has 0 bridgehead atoms. The van der Waals surface area contributed by atoms with Gasteiger partial charge >= 0.3 is 0 Å². The highest BCUT2D eigenvalue weighted by atomic mass is 79.9. The van der Waals surface area contributed by atoms with Crippen molar-refractivity contribution < 1.29 is 0 Å². The molecule has 1 aliphatic carbocycles. The van der Waals surface area contributed by atoms with Crippen molar-refractivity contribution in [2.45, 2.75) is 40.0 Å². The van der Waals surface area contributed by atoms with Gasteiger partial charge in [-0.1, -0.05) is 36.7 Å². The fourth-order valence-corrected chi connectivity index (χ4v) is 3.13. The van der Waals surface area contributed by atoms with Gasteiger partial charge in [0.1, 0.15) is 0 Å². The van der Waals surface area contributed by atoms with Gasteiger partial charge in [0.15, 0.2) is 0 Å². The molecule has 1 rings (SSSR count). The van der Waals surface area contributed by atoms with Gasteiger partial charge in [0, 0.05) is 11.9 Å². The van der Waals surface area contributed by atoms with Gasteiger partial charge in [-0.25, -0.2) is 0 Å². The van der Waals surface area contributed by atoms with Crippen molar-refractivity contribution in [2.24, 2.45) is 5.41 Å². The molecule has 0 heterocycles. The van der Waals surface area contributed by atoms with E-state index in [0.717, 1.165) is 0 Å². The van der Waals surface area contributed by atoms with E-state index in [9.17, 15) is 0 Å². The summed E-state index contributed by atoms with van der Waals surface area (Å²) >= 11 is 3.67. The second kappa shape index (κ2) is 7.75. The van der Waals surface area contributed by atoms with Crippen molar-refractivity contribution in [3.05, 3.63) is 0 Å². The number of hydrogen-bond acceptors (Lipinski definition) is 2. The van der Waals surface area contributed by atoms with Crippen LogP contribution in [0.1, 0.15) is 40.0 Å². The summed E-state index contributed by atoms with van der Waals surface area (Å²) in [7, 11) is 0. The molecule has 0 radical (unpaired) electrons. The van der Waals surface area contributed by atoms with E-state index in [1.165, 1.54) is 63.9 Å². The van der Waals surface area contributed by atoms with Crippen LogP contribution in [-0.4, -0.2) is 54.4 Å². The second-order valence-electron chi connectivity index (χ2n) is 5.38. The van der Waals surface area contributed by atoms with Crippen molar-refractivity contribution in [2.75, 3.05) is 44.6 Å². The molecule has 0 atom stereocenters. The lowest BCUT2D eigenvalue weighted by atomic mass is 10.1. The highest BCUT2D eigenvalue weighted by Crippen LogP contribution is 2.47. The Morgan fingerprint density at radius 3 is 1.88 bits per heavy atom. The van der Waals surface area contributed by atoms with E-state index in [1.54, 1.807) is 0 Å². The first-order chi connectivity index (χ1) is 8.19. The van der Waals surface area contributed by atoms with Gasteiger partial charge in [-0.3, -0.25) is 0 Å². The lowest BCUT2D eigenvalue weighted by molar-refractivity contribution is 0.217. The monoisotopic (exact) mass is 304 g/mol. The number of nitrogens with zero attached hydrogens (tertiary/aromatic N) is 2. The lowest BCUT2D eigenvalue weighted by Crippen LogP contribution is -2.34. The van der Waals surface area contributed by atoms with E-state index >= 15 is 0 Å². The molecule has 3 heteroatoms. The van der Waals surface area contributed by atoms with Crippen molar-refractivity contribution >= 4 is 15.9 Å². The minimum Gasteiger partial charge on any atom is -0.304 e. The molecule has 0 aromatic carbocycles. The maximum atomic E-state index is 3.67. The van der Waals surface area contributed by atoms with Gasteiger partial charge in [0.2, 0.25) is 0 Å². The molecular weight excluding hydrogens is 276 g/mol. The van der Waals surface area contributed by atoms with E-state index in [-0.39, 0.29) is 0 Å². The largest absolute Gasteiger partial charge is 0.304 e. The van der Waals surface area contributed by atoms with Crippen LogP contribution >= 0.6 is 15.9 Å². The average molecular weight is 305 g/mol. The van der Waals surface area contributed by atoms with Crippen LogP contribution in [0, 0.1) is 5.41 Å². The summed E-state index contributed by atoms with van der Waals surface area (Å²) in [5, 5.41) is 1.19. The summed E-state index contributed by atoms with van der Waals surface area (Å²) < 4.78 is 0. The third-order valence-corrected chi connectivity index (χ3v) is 5.28. The van der Waals surface area contributed by atoms with E-state index in [0.29, 0.717) is 5.41 Å². The van der Waals surface area contributed by atoms with Gasteiger partial charge < -0.3 is 9.80 Å². The van der Waals surface area contributed by atoms with Gasteiger partial charge in [-0.15, -0.1) is 0 Å². The molecule has 1 fully saturated rings. The van der Waals surface area contributed by atoms with E-state index in [4.69, 9.17) is 0 Å². The Kier molecular flexibility index (Phi) is 7.05. The van der Waals surface area contributed by atoms with Crippen molar-refractivity contribution in [1.29, 1.82) is 0 Å². The fraction of sp³-hybridized carbons (Fsp3) is 1.00. The Morgan fingerprint density at radius 2 is 1.47 bits per heavy atom. The van der Waals surface area contributed by atoms with E-state index in [1.807, 2.05) is 0 Å². The van der Waals surface area contributed by atoms with Gasteiger partial charge in [-0.2, -0.15) is 0 Å². The van der Waals surface area contributed by atoms with Crippen LogP contribution in [-0.2, 0) is 0 Å². The zero-order valence-corrected chi connectivity index (χ0v) is 13.4. The first kappa shape index (κ1) is 15.5. The molecule has 0 amide bonds. The van der Waals surface area contributed by atoms with Crippen molar-refractivity contribution in [3.63, 3.8) is 0 Å². The summed E-state index contributed by atoms with van der Waals surface area (Å²) in [5.74, 6) is 0. The van der Waals surface area contributed by atoms with Crippen molar-refractivity contribution in [3.8, 4) is 0 Å². The van der Waals surface area contributed by atoms with Crippen LogP contribution in [0.5, 0.6) is 0 Å². The molecule has 1 saturated carbocycles. The first-order valence-corrected chi connectivity index (χ1v) is 8.32. The third kappa shape index (κ3) is 5.27. The Balaban J connectivity index is 2.18. The Hall–Kier alpha value is 0.400. The van der Waals surface area contributed by atoms with Crippen LogP contribution in [0.3, 0.4) is 0 Å². The summed E-state index contributed by atoms with van der Waals surface area (Å²) in [6.07, 6.45) is 4.16. The predicted molar refractivity (Wildman–Crippen MR) is 80.0 cm³/mol. The molecule has 2 nitrogen and oxygen atoms in total. The molecule has 102 valence electrons. The molecule has 0 aromatic heterocycles. The molecule has 17 heavy (non-hydrogen) atoms. The van der Waals surface area contributed by atoms with E-state index < -0.39 is 0 Å². The first-order valence-electron chi connectivity index (χ1n) is 7.20. The minimum absolute atomic E-state index is 0.630. The van der Waals surface area contributed by atoms with Crippen LogP contribution in [0.15, 0.2) is 0 Å². The fourth-order valence-electron chi connectivity index (χ4n) is 2.39. The Bertz CT molecular complexity index is 200. The summed E-state index contributed by atoms with van der Waals surface area (Å²) in [6, 6.07) is 0. The molecule has 0 saturated heterocycles. The standard InChI is InChI=1S/C14H29BrN2/c1-4-16(5-2)10-7-11-17(6-3)13-14(12-15)8-9-14/h4-13H2,1-3H3. The molecule has 0 aliphatic heterocycles.